The van der Waals surface area contributed by atoms with Gasteiger partial charge in [-0.25, -0.2) is 4.39 Å². The van der Waals surface area contributed by atoms with Crippen molar-refractivity contribution >= 4 is 11.6 Å². The Bertz CT molecular complexity index is 376. The molecule has 0 saturated carbocycles. The number of aliphatic hydroxyl groups is 1. The van der Waals surface area contributed by atoms with Gasteiger partial charge < -0.3 is 15.7 Å². The van der Waals surface area contributed by atoms with E-state index in [1.807, 2.05) is 6.92 Å². The highest BCUT2D eigenvalue weighted by Crippen LogP contribution is 2.13. The minimum absolute atomic E-state index is 0.0229. The molecule has 0 spiro atoms. The molecule has 3 N–H and O–H groups in total. The number of amides is 1. The first-order chi connectivity index (χ1) is 8.08. The molecule has 0 heterocycles. The number of benzene rings is 1. The van der Waals surface area contributed by atoms with Gasteiger partial charge in [0.25, 0.3) is 5.91 Å². The lowest BCUT2D eigenvalue weighted by atomic mass is 10.1. The van der Waals surface area contributed by atoms with Crippen LogP contribution in [0.2, 0.25) is 0 Å². The van der Waals surface area contributed by atoms with Crippen LogP contribution in [-0.2, 0) is 0 Å². The van der Waals surface area contributed by atoms with Crippen molar-refractivity contribution in [3.05, 3.63) is 29.6 Å². The van der Waals surface area contributed by atoms with Crippen LogP contribution in [0.15, 0.2) is 18.2 Å². The SMILES string of the molecule is CCN(CCCO)C(=O)c1cc(N)cc(F)c1. The highest BCUT2D eigenvalue weighted by molar-refractivity contribution is 5.95. The molecule has 1 amide bonds. The molecular formula is C12H17FN2O2. The van der Waals surface area contributed by atoms with Gasteiger partial charge in [-0.15, -0.1) is 0 Å². The molecule has 0 unspecified atom stereocenters. The highest BCUT2D eigenvalue weighted by atomic mass is 19.1. The zero-order valence-electron chi connectivity index (χ0n) is 9.82. The number of aliphatic hydroxyl groups excluding tert-OH is 1. The van der Waals surface area contributed by atoms with Crippen LogP contribution < -0.4 is 5.73 Å². The number of anilines is 1. The van der Waals surface area contributed by atoms with Crippen molar-refractivity contribution in [3.63, 3.8) is 0 Å². The lowest BCUT2D eigenvalue weighted by Gasteiger charge is -2.20. The van der Waals surface area contributed by atoms with Crippen molar-refractivity contribution in [2.75, 3.05) is 25.4 Å². The summed E-state index contributed by atoms with van der Waals surface area (Å²) in [6.45, 7) is 2.81. The maximum Gasteiger partial charge on any atom is 0.254 e. The highest BCUT2D eigenvalue weighted by Gasteiger charge is 2.14. The first-order valence-electron chi connectivity index (χ1n) is 5.54. The average Bonchev–Trinajstić information content (AvgIpc) is 2.28. The molecule has 0 radical (unpaired) electrons. The third-order valence-corrected chi connectivity index (χ3v) is 2.42. The van der Waals surface area contributed by atoms with Gasteiger partial charge in [-0.3, -0.25) is 4.79 Å². The summed E-state index contributed by atoms with van der Waals surface area (Å²) < 4.78 is 13.1. The third-order valence-electron chi connectivity index (χ3n) is 2.42. The van der Waals surface area contributed by atoms with Gasteiger partial charge in [0.05, 0.1) is 0 Å². The summed E-state index contributed by atoms with van der Waals surface area (Å²) in [5.74, 6) is -0.793. The summed E-state index contributed by atoms with van der Waals surface area (Å²) in [6, 6.07) is 3.79. The number of carbonyl (C=O) groups is 1. The van der Waals surface area contributed by atoms with E-state index in [1.54, 1.807) is 4.90 Å². The van der Waals surface area contributed by atoms with E-state index < -0.39 is 5.82 Å². The molecule has 4 nitrogen and oxygen atoms in total. The van der Waals surface area contributed by atoms with Crippen LogP contribution in [-0.4, -0.2) is 35.6 Å². The van der Waals surface area contributed by atoms with Gasteiger partial charge in [0.1, 0.15) is 5.82 Å². The van der Waals surface area contributed by atoms with E-state index in [0.29, 0.717) is 19.5 Å². The van der Waals surface area contributed by atoms with E-state index in [0.717, 1.165) is 0 Å². The van der Waals surface area contributed by atoms with Gasteiger partial charge in [0, 0.05) is 30.9 Å². The molecule has 0 aliphatic rings. The van der Waals surface area contributed by atoms with Crippen molar-refractivity contribution < 1.29 is 14.3 Å². The number of hydrogen-bond donors (Lipinski definition) is 2. The molecule has 0 aliphatic carbocycles. The van der Waals surface area contributed by atoms with Crippen LogP contribution in [0.25, 0.3) is 0 Å². The van der Waals surface area contributed by atoms with Gasteiger partial charge in [0.2, 0.25) is 0 Å². The van der Waals surface area contributed by atoms with Crippen molar-refractivity contribution in [1.82, 2.24) is 4.90 Å². The second kappa shape index (κ2) is 6.20. The maximum absolute atomic E-state index is 13.1. The Morgan fingerprint density at radius 2 is 2.18 bits per heavy atom. The van der Waals surface area contributed by atoms with Gasteiger partial charge in [-0.2, -0.15) is 0 Å². The maximum atomic E-state index is 13.1. The number of carbonyl (C=O) groups excluding carboxylic acids is 1. The van der Waals surface area contributed by atoms with Crippen molar-refractivity contribution in [3.8, 4) is 0 Å². The monoisotopic (exact) mass is 240 g/mol. The fourth-order valence-corrected chi connectivity index (χ4v) is 1.58. The lowest BCUT2D eigenvalue weighted by molar-refractivity contribution is 0.0754. The van der Waals surface area contributed by atoms with Gasteiger partial charge in [-0.05, 0) is 31.5 Å². The summed E-state index contributed by atoms with van der Waals surface area (Å²) in [6.07, 6.45) is 0.504. The Morgan fingerprint density at radius 3 is 2.71 bits per heavy atom. The Morgan fingerprint density at radius 1 is 1.47 bits per heavy atom. The van der Waals surface area contributed by atoms with Crippen LogP contribution in [0.4, 0.5) is 10.1 Å². The molecule has 0 bridgehead atoms. The van der Waals surface area contributed by atoms with Gasteiger partial charge in [-0.1, -0.05) is 0 Å². The summed E-state index contributed by atoms with van der Waals surface area (Å²) in [5.41, 5.74) is 5.95. The zero-order chi connectivity index (χ0) is 12.8. The predicted molar refractivity (Wildman–Crippen MR) is 64.1 cm³/mol. The predicted octanol–water partition coefficient (Wildman–Crippen LogP) is 1.25. The van der Waals surface area contributed by atoms with E-state index in [1.165, 1.54) is 18.2 Å². The molecule has 1 rings (SSSR count). The molecule has 0 fully saturated rings. The fourth-order valence-electron chi connectivity index (χ4n) is 1.58. The fraction of sp³-hybridized carbons (Fsp3) is 0.417. The molecule has 1 aromatic rings. The van der Waals surface area contributed by atoms with Crippen LogP contribution in [0.1, 0.15) is 23.7 Å². The smallest absolute Gasteiger partial charge is 0.254 e. The van der Waals surface area contributed by atoms with Crippen LogP contribution in [0.5, 0.6) is 0 Å². The summed E-state index contributed by atoms with van der Waals surface area (Å²) in [7, 11) is 0. The van der Waals surface area contributed by atoms with Gasteiger partial charge >= 0.3 is 0 Å². The molecule has 0 saturated heterocycles. The third kappa shape index (κ3) is 3.71. The minimum Gasteiger partial charge on any atom is -0.399 e. The molecule has 17 heavy (non-hydrogen) atoms. The molecular weight excluding hydrogens is 223 g/mol. The second-order valence-corrected chi connectivity index (χ2v) is 3.74. The Labute approximate surface area is 99.8 Å². The average molecular weight is 240 g/mol. The Balaban J connectivity index is 2.85. The van der Waals surface area contributed by atoms with Crippen LogP contribution in [0, 0.1) is 5.82 Å². The van der Waals surface area contributed by atoms with E-state index in [9.17, 15) is 9.18 Å². The summed E-state index contributed by atoms with van der Waals surface area (Å²) in [5, 5.41) is 8.73. The molecule has 0 aromatic heterocycles. The quantitative estimate of drug-likeness (QED) is 0.761. The molecule has 0 aliphatic heterocycles. The van der Waals surface area contributed by atoms with E-state index in [4.69, 9.17) is 10.8 Å². The standard InChI is InChI=1S/C12H17FN2O2/c1-2-15(4-3-5-16)12(17)9-6-10(13)8-11(14)7-9/h6-8,16H,2-5,14H2,1H3. The number of nitrogens with two attached hydrogens (primary N) is 1. The zero-order valence-corrected chi connectivity index (χ0v) is 9.82. The summed E-state index contributed by atoms with van der Waals surface area (Å²) >= 11 is 0. The van der Waals surface area contributed by atoms with Crippen LogP contribution in [0.3, 0.4) is 0 Å². The molecule has 1 aromatic carbocycles. The second-order valence-electron chi connectivity index (χ2n) is 3.74. The lowest BCUT2D eigenvalue weighted by Crippen LogP contribution is -2.32. The summed E-state index contributed by atoms with van der Waals surface area (Å²) in [4.78, 5) is 13.6. The number of nitrogens with zero attached hydrogens (tertiary/aromatic N) is 1. The normalized spacial score (nSPS) is 10.3. The van der Waals surface area contributed by atoms with E-state index in [-0.39, 0.29) is 23.8 Å². The number of hydrogen-bond acceptors (Lipinski definition) is 3. The largest absolute Gasteiger partial charge is 0.399 e. The van der Waals surface area contributed by atoms with Gasteiger partial charge in [0.15, 0.2) is 0 Å². The van der Waals surface area contributed by atoms with E-state index >= 15 is 0 Å². The minimum atomic E-state index is -0.522. The first-order valence-corrected chi connectivity index (χ1v) is 5.54. The van der Waals surface area contributed by atoms with Crippen molar-refractivity contribution in [1.29, 1.82) is 0 Å². The first kappa shape index (κ1) is 13.4. The Kier molecular flexibility index (Phi) is 4.90. The number of halogens is 1. The molecule has 5 heteroatoms. The Hall–Kier alpha value is -1.62. The number of nitrogen functional groups attached to an aromatic ring is 1. The van der Waals surface area contributed by atoms with Crippen LogP contribution >= 0.6 is 0 Å². The topological polar surface area (TPSA) is 66.6 Å². The molecule has 0 atom stereocenters. The van der Waals surface area contributed by atoms with Crippen molar-refractivity contribution in [2.24, 2.45) is 0 Å². The van der Waals surface area contributed by atoms with E-state index in [2.05, 4.69) is 0 Å². The molecule has 94 valence electrons. The number of rotatable bonds is 5. The van der Waals surface area contributed by atoms with Crippen molar-refractivity contribution in [2.45, 2.75) is 13.3 Å².